The van der Waals surface area contributed by atoms with Crippen LogP contribution in [0.3, 0.4) is 0 Å². The summed E-state index contributed by atoms with van der Waals surface area (Å²) in [7, 11) is 0. The number of carbonyl (C=O) groups is 1. The van der Waals surface area contributed by atoms with Gasteiger partial charge in [-0.25, -0.2) is 0 Å². The number of hydrogen-bond acceptors (Lipinski definition) is 4. The van der Waals surface area contributed by atoms with Gasteiger partial charge in [-0.1, -0.05) is 23.5 Å². The van der Waals surface area contributed by atoms with Crippen LogP contribution in [0.5, 0.6) is 0 Å². The predicted molar refractivity (Wildman–Crippen MR) is 78.0 cm³/mol. The number of benzene rings is 1. The first kappa shape index (κ1) is 13.1. The maximum absolute atomic E-state index is 12.3. The molecule has 0 atom stereocenters. The van der Waals surface area contributed by atoms with Gasteiger partial charge in [-0.15, -0.1) is 0 Å². The molecule has 1 aromatic heterocycles. The quantitative estimate of drug-likeness (QED) is 0.789. The molecule has 3 N–H and O–H groups in total. The second kappa shape index (κ2) is 5.60. The molecule has 0 saturated carbocycles. The van der Waals surface area contributed by atoms with Crippen LogP contribution in [0, 0.1) is 0 Å². The number of amides is 1. The Morgan fingerprint density at radius 3 is 3.10 bits per heavy atom. The van der Waals surface area contributed by atoms with Crippen LogP contribution in [0.4, 0.5) is 0 Å². The van der Waals surface area contributed by atoms with E-state index in [1.165, 1.54) is 5.56 Å². The monoisotopic (exact) mass is 289 g/mol. The molecule has 0 aliphatic carbocycles. The average Bonchev–Trinajstić information content (AvgIpc) is 2.90. The van der Waals surface area contributed by atoms with Crippen molar-refractivity contribution < 1.29 is 4.79 Å². The second-order valence-corrected chi connectivity index (χ2v) is 5.57. The smallest absolute Gasteiger partial charge is 0.304 e. The summed E-state index contributed by atoms with van der Waals surface area (Å²) in [6.07, 6.45) is 0.869. The maximum atomic E-state index is 12.3. The maximum Gasteiger partial charge on any atom is 0.304 e. The number of fused-ring (bicyclic) bond motifs is 1. The largest absolute Gasteiger partial charge is 0.346 e. The molecular weight excluding hydrogens is 274 g/mol. The Morgan fingerprint density at radius 1 is 1.40 bits per heavy atom. The van der Waals surface area contributed by atoms with Gasteiger partial charge in [0.15, 0.2) is 0 Å². The molecule has 5 nitrogen and oxygen atoms in total. The minimum atomic E-state index is -0.0996. The van der Waals surface area contributed by atoms with Crippen LogP contribution in [-0.2, 0) is 19.5 Å². The number of aromatic nitrogens is 1. The van der Waals surface area contributed by atoms with E-state index in [-0.39, 0.29) is 10.8 Å². The molecule has 0 spiro atoms. The van der Waals surface area contributed by atoms with Crippen molar-refractivity contribution >= 4 is 17.2 Å². The standard InChI is InChI=1S/C14H15N3O2S/c18-13(16-7-10-8-20-14(19)17-10)12-3-1-2-9-6-15-5-4-11(9)12/h1-3,8,15H,4-7H2,(H,16,18)(H,17,19). The highest BCUT2D eigenvalue weighted by molar-refractivity contribution is 7.07. The first-order valence-corrected chi connectivity index (χ1v) is 7.38. The lowest BCUT2D eigenvalue weighted by Crippen LogP contribution is -2.29. The van der Waals surface area contributed by atoms with E-state index >= 15 is 0 Å². The summed E-state index contributed by atoms with van der Waals surface area (Å²) < 4.78 is 0. The molecule has 0 radical (unpaired) electrons. The van der Waals surface area contributed by atoms with Gasteiger partial charge in [0, 0.05) is 23.2 Å². The number of H-pyrrole nitrogens is 1. The summed E-state index contributed by atoms with van der Waals surface area (Å²) in [6, 6.07) is 5.82. The molecule has 1 aliphatic rings. The zero-order valence-corrected chi connectivity index (χ0v) is 11.7. The average molecular weight is 289 g/mol. The van der Waals surface area contributed by atoms with Crippen molar-refractivity contribution in [3.8, 4) is 0 Å². The van der Waals surface area contributed by atoms with E-state index in [2.05, 4.69) is 21.7 Å². The predicted octanol–water partition coefficient (Wildman–Crippen LogP) is 1.01. The highest BCUT2D eigenvalue weighted by Crippen LogP contribution is 2.18. The van der Waals surface area contributed by atoms with E-state index in [1.807, 2.05) is 12.1 Å². The Bertz CT molecular complexity index is 690. The van der Waals surface area contributed by atoms with Gasteiger partial charge in [0.25, 0.3) is 5.91 Å². The molecule has 6 heteroatoms. The molecule has 1 amide bonds. The van der Waals surface area contributed by atoms with E-state index in [1.54, 1.807) is 5.38 Å². The molecular formula is C14H15N3O2S. The summed E-state index contributed by atoms with van der Waals surface area (Å²) in [5.74, 6) is -0.0872. The fraction of sp³-hybridized carbons (Fsp3) is 0.286. The number of thiazole rings is 1. The summed E-state index contributed by atoms with van der Waals surface area (Å²) in [5, 5.41) is 7.88. The highest BCUT2D eigenvalue weighted by atomic mass is 32.1. The van der Waals surface area contributed by atoms with Crippen LogP contribution < -0.4 is 15.5 Å². The van der Waals surface area contributed by atoms with E-state index in [0.29, 0.717) is 6.54 Å². The van der Waals surface area contributed by atoms with Gasteiger partial charge >= 0.3 is 4.87 Å². The molecule has 1 aromatic carbocycles. The van der Waals surface area contributed by atoms with Crippen molar-refractivity contribution in [2.75, 3.05) is 6.54 Å². The SMILES string of the molecule is O=C(NCc1csc(=O)[nH]1)c1cccc2c1CCNC2. The Morgan fingerprint density at radius 2 is 2.30 bits per heavy atom. The molecule has 2 aromatic rings. The lowest BCUT2D eigenvalue weighted by atomic mass is 9.95. The molecule has 0 unspecified atom stereocenters. The van der Waals surface area contributed by atoms with E-state index in [4.69, 9.17) is 0 Å². The molecule has 0 bridgehead atoms. The Labute approximate surface area is 120 Å². The molecule has 20 heavy (non-hydrogen) atoms. The Balaban J connectivity index is 1.75. The van der Waals surface area contributed by atoms with Crippen LogP contribution in [0.2, 0.25) is 0 Å². The van der Waals surface area contributed by atoms with Crippen molar-refractivity contribution in [2.45, 2.75) is 19.5 Å². The molecule has 3 rings (SSSR count). The normalized spacial score (nSPS) is 13.8. The summed E-state index contributed by atoms with van der Waals surface area (Å²) >= 11 is 1.10. The van der Waals surface area contributed by atoms with Crippen molar-refractivity contribution in [1.82, 2.24) is 15.6 Å². The van der Waals surface area contributed by atoms with Crippen LogP contribution in [-0.4, -0.2) is 17.4 Å². The number of carbonyl (C=O) groups excluding carboxylic acids is 1. The van der Waals surface area contributed by atoms with Gasteiger partial charge in [-0.3, -0.25) is 9.59 Å². The highest BCUT2D eigenvalue weighted by Gasteiger charge is 2.16. The second-order valence-electron chi connectivity index (χ2n) is 4.73. The van der Waals surface area contributed by atoms with Crippen LogP contribution >= 0.6 is 11.3 Å². The van der Waals surface area contributed by atoms with Gasteiger partial charge in [-0.05, 0) is 30.2 Å². The summed E-state index contributed by atoms with van der Waals surface area (Å²) in [5.41, 5.74) is 3.79. The number of rotatable bonds is 3. The third kappa shape index (κ3) is 2.66. The van der Waals surface area contributed by atoms with E-state index in [0.717, 1.165) is 47.7 Å². The van der Waals surface area contributed by atoms with Gasteiger partial charge in [0.2, 0.25) is 0 Å². The van der Waals surface area contributed by atoms with Crippen LogP contribution in [0.1, 0.15) is 27.2 Å². The Hall–Kier alpha value is -1.92. The topological polar surface area (TPSA) is 74.0 Å². The van der Waals surface area contributed by atoms with Crippen molar-refractivity contribution in [1.29, 1.82) is 0 Å². The minimum Gasteiger partial charge on any atom is -0.346 e. The van der Waals surface area contributed by atoms with Gasteiger partial charge in [0.1, 0.15) is 0 Å². The van der Waals surface area contributed by atoms with E-state index < -0.39 is 0 Å². The Kier molecular flexibility index (Phi) is 3.66. The van der Waals surface area contributed by atoms with Crippen molar-refractivity contribution in [3.05, 3.63) is 55.6 Å². The minimum absolute atomic E-state index is 0.0872. The number of hydrogen-bond donors (Lipinski definition) is 3. The molecule has 2 heterocycles. The first-order chi connectivity index (χ1) is 9.74. The van der Waals surface area contributed by atoms with Crippen LogP contribution in [0.15, 0.2) is 28.4 Å². The van der Waals surface area contributed by atoms with Gasteiger partial charge < -0.3 is 15.6 Å². The van der Waals surface area contributed by atoms with Gasteiger partial charge in [-0.2, -0.15) is 0 Å². The number of nitrogens with one attached hydrogen (secondary N) is 3. The zero-order chi connectivity index (χ0) is 13.9. The summed E-state index contributed by atoms with van der Waals surface area (Å²) in [4.78, 5) is 25.9. The van der Waals surface area contributed by atoms with E-state index in [9.17, 15) is 9.59 Å². The molecule has 1 aliphatic heterocycles. The zero-order valence-electron chi connectivity index (χ0n) is 10.9. The van der Waals surface area contributed by atoms with Crippen molar-refractivity contribution in [3.63, 3.8) is 0 Å². The lowest BCUT2D eigenvalue weighted by molar-refractivity contribution is 0.0949. The third-order valence-corrected chi connectivity index (χ3v) is 4.11. The first-order valence-electron chi connectivity index (χ1n) is 6.50. The summed E-state index contributed by atoms with van der Waals surface area (Å²) in [6.45, 7) is 2.06. The molecule has 0 fully saturated rings. The molecule has 104 valence electrons. The fourth-order valence-corrected chi connectivity index (χ4v) is 3.00. The third-order valence-electron chi connectivity index (χ3n) is 3.40. The van der Waals surface area contributed by atoms with Gasteiger partial charge in [0.05, 0.1) is 6.54 Å². The fourth-order valence-electron chi connectivity index (χ4n) is 2.42. The molecule has 0 saturated heterocycles. The number of aromatic amines is 1. The van der Waals surface area contributed by atoms with Crippen molar-refractivity contribution in [2.24, 2.45) is 0 Å². The van der Waals surface area contributed by atoms with Crippen LogP contribution in [0.25, 0.3) is 0 Å². The lowest BCUT2D eigenvalue weighted by Gasteiger charge is -2.19.